The Balaban J connectivity index is 1.51. The molecule has 3 aromatic rings. The molecule has 29 heavy (non-hydrogen) atoms. The number of carbonyl (C=O) groups excluding carboxylic acids is 2. The summed E-state index contributed by atoms with van der Waals surface area (Å²) in [6.45, 7) is 0.401. The van der Waals surface area contributed by atoms with Gasteiger partial charge in [0.05, 0.1) is 12.7 Å². The topological polar surface area (TPSA) is 93.2 Å². The third kappa shape index (κ3) is 5.58. The van der Waals surface area contributed by atoms with Gasteiger partial charge in [0.25, 0.3) is 5.91 Å². The number of rotatable bonds is 7. The number of hydrogen-bond acceptors (Lipinski definition) is 6. The van der Waals surface area contributed by atoms with Crippen LogP contribution in [0.5, 0.6) is 0 Å². The largest absolute Gasteiger partial charge is 0.465 e. The summed E-state index contributed by atoms with van der Waals surface area (Å²) in [5.74, 6) is -0.584. The minimum absolute atomic E-state index is 0.190. The molecule has 0 aliphatic rings. The number of halogens is 1. The van der Waals surface area contributed by atoms with Crippen molar-refractivity contribution in [3.8, 4) is 0 Å². The number of methoxy groups -OCH3 is 1. The number of nitrogens with zero attached hydrogens (tertiary/aromatic N) is 2. The maximum atomic E-state index is 12.9. The number of anilines is 2. The van der Waals surface area contributed by atoms with Crippen LogP contribution in [-0.2, 0) is 11.2 Å². The smallest absolute Gasteiger partial charge is 0.337 e. The van der Waals surface area contributed by atoms with Gasteiger partial charge in [0.2, 0.25) is 0 Å². The molecule has 0 saturated heterocycles. The number of amides is 1. The van der Waals surface area contributed by atoms with Gasteiger partial charge in [0.15, 0.2) is 11.5 Å². The number of aromatic nitrogens is 2. The third-order valence-electron chi connectivity index (χ3n) is 4.09. The molecule has 3 rings (SSSR count). The van der Waals surface area contributed by atoms with Crippen molar-refractivity contribution in [2.75, 3.05) is 19.0 Å². The first kappa shape index (κ1) is 19.9. The first-order chi connectivity index (χ1) is 14.0. The molecule has 0 spiro atoms. The summed E-state index contributed by atoms with van der Waals surface area (Å²) in [4.78, 5) is 23.6. The number of esters is 1. The number of carbonyl (C=O) groups is 2. The number of ether oxygens (including phenoxy) is 1. The molecule has 1 amide bonds. The molecule has 2 aromatic carbocycles. The van der Waals surface area contributed by atoms with Crippen LogP contribution in [0, 0.1) is 5.82 Å². The van der Waals surface area contributed by atoms with Gasteiger partial charge in [-0.2, -0.15) is 0 Å². The van der Waals surface area contributed by atoms with Crippen LogP contribution in [0.4, 0.5) is 15.9 Å². The monoisotopic (exact) mass is 394 g/mol. The van der Waals surface area contributed by atoms with Crippen molar-refractivity contribution in [1.82, 2.24) is 15.5 Å². The summed E-state index contributed by atoms with van der Waals surface area (Å²) >= 11 is 0. The zero-order valence-corrected chi connectivity index (χ0v) is 15.7. The normalized spacial score (nSPS) is 10.3. The lowest BCUT2D eigenvalue weighted by atomic mass is 10.1. The average molecular weight is 394 g/mol. The lowest BCUT2D eigenvalue weighted by Crippen LogP contribution is -2.26. The van der Waals surface area contributed by atoms with E-state index in [0.717, 1.165) is 5.56 Å². The second-order valence-electron chi connectivity index (χ2n) is 6.13. The van der Waals surface area contributed by atoms with Crippen LogP contribution in [0.15, 0.2) is 60.7 Å². The van der Waals surface area contributed by atoms with E-state index >= 15 is 0 Å². The first-order valence-corrected chi connectivity index (χ1v) is 8.87. The van der Waals surface area contributed by atoms with Crippen LogP contribution in [0.2, 0.25) is 0 Å². The predicted octanol–water partition coefficient (Wildman–Crippen LogP) is 3.12. The van der Waals surface area contributed by atoms with Crippen molar-refractivity contribution >= 4 is 23.4 Å². The Labute approximate surface area is 166 Å². The highest BCUT2D eigenvalue weighted by atomic mass is 19.1. The average Bonchev–Trinajstić information content (AvgIpc) is 2.75. The van der Waals surface area contributed by atoms with Gasteiger partial charge in [-0.3, -0.25) is 4.79 Å². The van der Waals surface area contributed by atoms with E-state index < -0.39 is 5.97 Å². The number of nitrogens with one attached hydrogen (secondary N) is 2. The lowest BCUT2D eigenvalue weighted by molar-refractivity contribution is 0.0600. The van der Waals surface area contributed by atoms with Gasteiger partial charge in [0.1, 0.15) is 5.82 Å². The Hall–Kier alpha value is -3.81. The third-order valence-corrected chi connectivity index (χ3v) is 4.09. The molecular formula is C21H19FN4O3. The van der Waals surface area contributed by atoms with Crippen LogP contribution >= 0.6 is 0 Å². The highest BCUT2D eigenvalue weighted by Crippen LogP contribution is 2.15. The van der Waals surface area contributed by atoms with Gasteiger partial charge >= 0.3 is 5.97 Å². The van der Waals surface area contributed by atoms with Crippen molar-refractivity contribution in [3.63, 3.8) is 0 Å². The van der Waals surface area contributed by atoms with Crippen molar-refractivity contribution < 1.29 is 18.7 Å². The quantitative estimate of drug-likeness (QED) is 0.598. The standard InChI is InChI=1S/C21H19FN4O3/c1-29-21(28)15-4-8-17(9-5-15)24-19-11-10-18(25-26-19)20(27)23-13-12-14-2-6-16(22)7-3-14/h2-11H,12-13H2,1H3,(H,23,27)(H,24,26). The molecule has 0 radical (unpaired) electrons. The van der Waals surface area contributed by atoms with E-state index in [-0.39, 0.29) is 17.4 Å². The van der Waals surface area contributed by atoms with Gasteiger partial charge in [-0.15, -0.1) is 10.2 Å². The van der Waals surface area contributed by atoms with Crippen molar-refractivity contribution in [2.24, 2.45) is 0 Å². The SMILES string of the molecule is COC(=O)c1ccc(Nc2ccc(C(=O)NCCc3ccc(F)cc3)nn2)cc1. The van der Waals surface area contributed by atoms with E-state index in [4.69, 9.17) is 0 Å². The fourth-order valence-corrected chi connectivity index (χ4v) is 2.54. The van der Waals surface area contributed by atoms with Crippen molar-refractivity contribution in [1.29, 1.82) is 0 Å². The van der Waals surface area contributed by atoms with Gasteiger partial charge < -0.3 is 15.4 Å². The Bertz CT molecular complexity index is 974. The molecule has 0 aliphatic carbocycles. The molecule has 2 N–H and O–H groups in total. The molecule has 0 unspecified atom stereocenters. The molecule has 1 heterocycles. The minimum atomic E-state index is -0.411. The van der Waals surface area contributed by atoms with Crippen LogP contribution in [-0.4, -0.2) is 35.7 Å². The minimum Gasteiger partial charge on any atom is -0.465 e. The molecule has 148 valence electrons. The summed E-state index contributed by atoms with van der Waals surface area (Å²) in [6.07, 6.45) is 0.584. The summed E-state index contributed by atoms with van der Waals surface area (Å²) < 4.78 is 17.5. The van der Waals surface area contributed by atoms with Gasteiger partial charge in [-0.1, -0.05) is 12.1 Å². The Morgan fingerprint density at radius 1 is 0.966 bits per heavy atom. The molecule has 0 aliphatic heterocycles. The summed E-state index contributed by atoms with van der Waals surface area (Å²) in [7, 11) is 1.32. The molecule has 0 atom stereocenters. The summed E-state index contributed by atoms with van der Waals surface area (Å²) in [5, 5.41) is 13.7. The van der Waals surface area contributed by atoms with Crippen molar-refractivity contribution in [2.45, 2.75) is 6.42 Å². The fourth-order valence-electron chi connectivity index (χ4n) is 2.54. The van der Waals surface area contributed by atoms with E-state index in [1.807, 2.05) is 0 Å². The Morgan fingerprint density at radius 3 is 2.31 bits per heavy atom. The molecule has 0 saturated carbocycles. The van der Waals surface area contributed by atoms with Crippen LogP contribution in [0.1, 0.15) is 26.4 Å². The zero-order valence-electron chi connectivity index (χ0n) is 15.7. The number of benzene rings is 2. The summed E-state index contributed by atoms with van der Waals surface area (Å²) in [6, 6.07) is 16.0. The Morgan fingerprint density at radius 2 is 1.69 bits per heavy atom. The maximum Gasteiger partial charge on any atom is 0.337 e. The van der Waals surface area contributed by atoms with E-state index in [1.165, 1.54) is 19.2 Å². The zero-order chi connectivity index (χ0) is 20.6. The van der Waals surface area contributed by atoms with Crippen LogP contribution < -0.4 is 10.6 Å². The van der Waals surface area contributed by atoms with E-state index in [2.05, 4.69) is 25.6 Å². The van der Waals surface area contributed by atoms with E-state index in [1.54, 1.807) is 48.5 Å². The highest BCUT2D eigenvalue weighted by molar-refractivity contribution is 5.92. The predicted molar refractivity (Wildman–Crippen MR) is 106 cm³/mol. The maximum absolute atomic E-state index is 12.9. The van der Waals surface area contributed by atoms with Gasteiger partial charge in [-0.25, -0.2) is 9.18 Å². The molecule has 0 bridgehead atoms. The van der Waals surface area contributed by atoms with E-state index in [0.29, 0.717) is 30.0 Å². The van der Waals surface area contributed by atoms with E-state index in [9.17, 15) is 14.0 Å². The molecule has 1 aromatic heterocycles. The lowest BCUT2D eigenvalue weighted by Gasteiger charge is -2.07. The second-order valence-corrected chi connectivity index (χ2v) is 6.13. The molecule has 0 fully saturated rings. The molecular weight excluding hydrogens is 375 g/mol. The van der Waals surface area contributed by atoms with Crippen molar-refractivity contribution in [3.05, 3.63) is 83.3 Å². The highest BCUT2D eigenvalue weighted by Gasteiger charge is 2.09. The molecule has 7 nitrogen and oxygen atoms in total. The number of hydrogen-bond donors (Lipinski definition) is 2. The molecule has 8 heteroatoms. The Kier molecular flexibility index (Phi) is 6.47. The summed E-state index contributed by atoms with van der Waals surface area (Å²) in [5.41, 5.74) is 2.27. The fraction of sp³-hybridized carbons (Fsp3) is 0.143. The first-order valence-electron chi connectivity index (χ1n) is 8.87. The van der Waals surface area contributed by atoms with Gasteiger partial charge in [0, 0.05) is 12.2 Å². The second kappa shape index (κ2) is 9.41. The van der Waals surface area contributed by atoms with Crippen LogP contribution in [0.25, 0.3) is 0 Å². The van der Waals surface area contributed by atoms with Crippen LogP contribution in [0.3, 0.4) is 0 Å². The van der Waals surface area contributed by atoms with Gasteiger partial charge in [-0.05, 0) is 60.5 Å².